The number of aromatic nitrogens is 3. The molecule has 0 amide bonds. The van der Waals surface area contributed by atoms with Crippen molar-refractivity contribution in [2.45, 2.75) is 26.5 Å². The van der Waals surface area contributed by atoms with Gasteiger partial charge in [-0.1, -0.05) is 18.2 Å². The Labute approximate surface area is 141 Å². The summed E-state index contributed by atoms with van der Waals surface area (Å²) < 4.78 is 7.61. The molecule has 0 aliphatic carbocycles. The molecular weight excluding hydrogens is 302 g/mol. The Hall–Kier alpha value is -2.66. The van der Waals surface area contributed by atoms with Crippen LogP contribution in [0.1, 0.15) is 11.1 Å². The normalized spacial score (nSPS) is 12.1. The number of hydrogen-bond donors (Lipinski definition) is 1. The van der Waals surface area contributed by atoms with Gasteiger partial charge in [0.25, 0.3) is 0 Å². The molecule has 1 unspecified atom stereocenters. The molecule has 3 rings (SSSR count). The van der Waals surface area contributed by atoms with Gasteiger partial charge in [-0.05, 0) is 43.2 Å². The van der Waals surface area contributed by atoms with Crippen LogP contribution in [0.2, 0.25) is 0 Å². The Morgan fingerprint density at radius 3 is 2.46 bits per heavy atom. The Kier molecular flexibility index (Phi) is 4.91. The zero-order chi connectivity index (χ0) is 16.9. The molecule has 2 heterocycles. The second kappa shape index (κ2) is 7.27. The number of pyridine rings is 1. The highest BCUT2D eigenvalue weighted by atomic mass is 16.5. The second-order valence-electron chi connectivity index (χ2n) is 5.82. The van der Waals surface area contributed by atoms with Gasteiger partial charge in [0.1, 0.15) is 18.5 Å². The summed E-state index contributed by atoms with van der Waals surface area (Å²) in [5.74, 6) is 0.839. The van der Waals surface area contributed by atoms with Gasteiger partial charge in [0.2, 0.25) is 0 Å². The first kappa shape index (κ1) is 16.2. The fraction of sp³-hybridized carbons (Fsp3) is 0.263. The summed E-state index contributed by atoms with van der Waals surface area (Å²) >= 11 is 0. The van der Waals surface area contributed by atoms with Gasteiger partial charge in [-0.25, -0.2) is 0 Å². The average molecular weight is 323 g/mol. The Balaban J connectivity index is 1.66. The van der Waals surface area contributed by atoms with Crippen molar-refractivity contribution < 1.29 is 9.84 Å². The van der Waals surface area contributed by atoms with E-state index in [0.29, 0.717) is 6.54 Å². The van der Waals surface area contributed by atoms with Crippen LogP contribution < -0.4 is 4.74 Å². The molecule has 1 aromatic carbocycles. The summed E-state index contributed by atoms with van der Waals surface area (Å²) in [6.45, 7) is 4.60. The van der Waals surface area contributed by atoms with Gasteiger partial charge in [-0.15, -0.1) is 0 Å². The fourth-order valence-corrected chi connectivity index (χ4v) is 2.70. The van der Waals surface area contributed by atoms with Crippen LogP contribution in [0.25, 0.3) is 11.3 Å². The van der Waals surface area contributed by atoms with Crippen LogP contribution in [-0.4, -0.2) is 32.6 Å². The Bertz CT molecular complexity index is 779. The fourth-order valence-electron chi connectivity index (χ4n) is 2.70. The first-order valence-corrected chi connectivity index (χ1v) is 7.94. The van der Waals surface area contributed by atoms with Gasteiger partial charge >= 0.3 is 0 Å². The lowest BCUT2D eigenvalue weighted by molar-refractivity contribution is 0.0891. The van der Waals surface area contributed by atoms with Gasteiger partial charge in [-0.3, -0.25) is 9.67 Å². The molecule has 2 aromatic heterocycles. The molecule has 3 aromatic rings. The largest absolute Gasteiger partial charge is 0.490 e. The molecule has 24 heavy (non-hydrogen) atoms. The predicted octanol–water partition coefficient (Wildman–Crippen LogP) is 3.00. The van der Waals surface area contributed by atoms with Gasteiger partial charge in [0, 0.05) is 24.2 Å². The third-order valence-corrected chi connectivity index (χ3v) is 3.91. The van der Waals surface area contributed by atoms with Crippen LogP contribution in [-0.2, 0) is 6.54 Å². The van der Waals surface area contributed by atoms with Crippen molar-refractivity contribution in [3.8, 4) is 17.0 Å². The molecule has 1 N–H and O–H groups in total. The lowest BCUT2D eigenvalue weighted by Gasteiger charge is -2.16. The molecule has 0 saturated heterocycles. The minimum Gasteiger partial charge on any atom is -0.490 e. The highest BCUT2D eigenvalue weighted by Gasteiger charge is 2.12. The van der Waals surface area contributed by atoms with Crippen LogP contribution >= 0.6 is 0 Å². The molecule has 124 valence electrons. The molecule has 0 spiro atoms. The van der Waals surface area contributed by atoms with Crippen molar-refractivity contribution in [1.82, 2.24) is 14.8 Å². The van der Waals surface area contributed by atoms with Crippen LogP contribution in [0, 0.1) is 13.8 Å². The average Bonchev–Trinajstić information content (AvgIpc) is 3.03. The van der Waals surface area contributed by atoms with E-state index >= 15 is 0 Å². The monoisotopic (exact) mass is 323 g/mol. The van der Waals surface area contributed by atoms with Crippen molar-refractivity contribution in [3.63, 3.8) is 0 Å². The van der Waals surface area contributed by atoms with E-state index in [1.165, 1.54) is 0 Å². The summed E-state index contributed by atoms with van der Waals surface area (Å²) in [6, 6.07) is 11.8. The molecule has 5 nitrogen and oxygen atoms in total. The minimum absolute atomic E-state index is 0.224. The molecule has 0 bridgehead atoms. The van der Waals surface area contributed by atoms with Crippen LogP contribution in [0.15, 0.2) is 55.0 Å². The van der Waals surface area contributed by atoms with E-state index in [1.807, 2.05) is 50.2 Å². The van der Waals surface area contributed by atoms with Crippen molar-refractivity contribution in [2.75, 3.05) is 6.61 Å². The SMILES string of the molecule is Cc1cccc(C)c1OCC(O)Cn1nccc1-c1ccncc1. The summed E-state index contributed by atoms with van der Waals surface area (Å²) in [5, 5.41) is 14.6. The third kappa shape index (κ3) is 3.63. The number of para-hydroxylation sites is 1. The lowest BCUT2D eigenvalue weighted by Crippen LogP contribution is -2.25. The topological polar surface area (TPSA) is 60.2 Å². The smallest absolute Gasteiger partial charge is 0.125 e. The van der Waals surface area contributed by atoms with E-state index in [2.05, 4.69) is 10.1 Å². The molecule has 0 aliphatic heterocycles. The van der Waals surface area contributed by atoms with E-state index < -0.39 is 6.10 Å². The number of hydrogen-bond acceptors (Lipinski definition) is 4. The van der Waals surface area contributed by atoms with Crippen LogP contribution in [0.4, 0.5) is 0 Å². The summed E-state index contributed by atoms with van der Waals surface area (Å²) in [7, 11) is 0. The number of aliphatic hydroxyl groups is 1. The van der Waals surface area contributed by atoms with E-state index in [1.54, 1.807) is 23.3 Å². The summed E-state index contributed by atoms with van der Waals surface area (Å²) in [4.78, 5) is 4.03. The van der Waals surface area contributed by atoms with Crippen molar-refractivity contribution in [3.05, 3.63) is 66.1 Å². The zero-order valence-electron chi connectivity index (χ0n) is 13.9. The number of benzene rings is 1. The van der Waals surface area contributed by atoms with E-state index in [4.69, 9.17) is 4.74 Å². The molecule has 0 fully saturated rings. The van der Waals surface area contributed by atoms with Gasteiger partial charge in [0.15, 0.2) is 0 Å². The Morgan fingerprint density at radius 2 is 1.75 bits per heavy atom. The third-order valence-electron chi connectivity index (χ3n) is 3.91. The number of ether oxygens (including phenoxy) is 1. The first-order valence-electron chi connectivity index (χ1n) is 7.94. The summed E-state index contributed by atoms with van der Waals surface area (Å²) in [6.07, 6.45) is 4.57. The maximum Gasteiger partial charge on any atom is 0.125 e. The van der Waals surface area contributed by atoms with E-state index in [0.717, 1.165) is 28.1 Å². The van der Waals surface area contributed by atoms with Crippen LogP contribution in [0.3, 0.4) is 0 Å². The van der Waals surface area contributed by atoms with Gasteiger partial charge < -0.3 is 9.84 Å². The quantitative estimate of drug-likeness (QED) is 0.757. The minimum atomic E-state index is -0.649. The van der Waals surface area contributed by atoms with E-state index in [-0.39, 0.29) is 6.61 Å². The molecule has 5 heteroatoms. The van der Waals surface area contributed by atoms with Gasteiger partial charge in [-0.2, -0.15) is 5.10 Å². The highest BCUT2D eigenvalue weighted by Crippen LogP contribution is 2.23. The van der Waals surface area contributed by atoms with Crippen molar-refractivity contribution >= 4 is 0 Å². The Morgan fingerprint density at radius 1 is 1.04 bits per heavy atom. The highest BCUT2D eigenvalue weighted by molar-refractivity contribution is 5.58. The first-order chi connectivity index (χ1) is 11.6. The number of aliphatic hydroxyl groups excluding tert-OH is 1. The van der Waals surface area contributed by atoms with Crippen molar-refractivity contribution in [1.29, 1.82) is 0 Å². The second-order valence-corrected chi connectivity index (χ2v) is 5.82. The number of aryl methyl sites for hydroxylation is 2. The lowest BCUT2D eigenvalue weighted by atomic mass is 10.1. The maximum atomic E-state index is 10.3. The van der Waals surface area contributed by atoms with Gasteiger partial charge in [0.05, 0.1) is 12.2 Å². The number of nitrogens with zero attached hydrogens (tertiary/aromatic N) is 3. The molecular formula is C19H21N3O2. The van der Waals surface area contributed by atoms with Crippen molar-refractivity contribution in [2.24, 2.45) is 0 Å². The maximum absolute atomic E-state index is 10.3. The molecule has 0 aliphatic rings. The molecule has 1 atom stereocenters. The molecule has 0 saturated carbocycles. The van der Waals surface area contributed by atoms with E-state index in [9.17, 15) is 5.11 Å². The standard InChI is InChI=1S/C19H21N3O2/c1-14-4-3-5-15(2)19(14)24-13-17(23)12-22-18(8-11-21-22)16-6-9-20-10-7-16/h3-11,17,23H,12-13H2,1-2H3. The summed E-state index contributed by atoms with van der Waals surface area (Å²) in [5.41, 5.74) is 4.10. The number of rotatable bonds is 6. The zero-order valence-corrected chi connectivity index (χ0v) is 13.9. The van der Waals surface area contributed by atoms with Crippen LogP contribution in [0.5, 0.6) is 5.75 Å². The molecule has 0 radical (unpaired) electrons. The predicted molar refractivity (Wildman–Crippen MR) is 92.9 cm³/mol.